The fourth-order valence-electron chi connectivity index (χ4n) is 1.55. The number of unbranched alkanes of at least 4 members (excludes halogenated alkanes) is 1. The number of hydrogen-bond acceptors (Lipinski definition) is 2. The predicted octanol–water partition coefficient (Wildman–Crippen LogP) is 2.41. The maximum atomic E-state index is 8.44. The molecule has 0 N–H and O–H groups in total. The van der Waals surface area contributed by atoms with Gasteiger partial charge in [-0.15, -0.1) is 0 Å². The van der Waals surface area contributed by atoms with Gasteiger partial charge in [0.25, 0.3) is 0 Å². The zero-order chi connectivity index (χ0) is 9.68. The van der Waals surface area contributed by atoms with Gasteiger partial charge in [-0.05, 0) is 45.6 Å². The summed E-state index contributed by atoms with van der Waals surface area (Å²) in [5, 5.41) is 8.44. The Kier molecular flexibility index (Phi) is 4.24. The minimum Gasteiger partial charge on any atom is -0.301 e. The van der Waals surface area contributed by atoms with E-state index in [1.807, 2.05) is 0 Å². The first-order valence-corrected chi connectivity index (χ1v) is 5.35. The quantitative estimate of drug-likeness (QED) is 0.587. The van der Waals surface area contributed by atoms with Crippen molar-refractivity contribution >= 4 is 0 Å². The van der Waals surface area contributed by atoms with E-state index in [0.717, 1.165) is 18.9 Å². The molecule has 1 aliphatic rings. The SMILES string of the molecule is CC(C)N(CCCC#N)CC1CC1. The van der Waals surface area contributed by atoms with E-state index in [1.54, 1.807) is 0 Å². The molecule has 1 aliphatic carbocycles. The second kappa shape index (κ2) is 5.24. The van der Waals surface area contributed by atoms with Gasteiger partial charge in [-0.25, -0.2) is 0 Å². The Morgan fingerprint density at radius 1 is 1.46 bits per heavy atom. The average Bonchev–Trinajstić information content (AvgIpc) is 2.86. The molecule has 0 amide bonds. The molecular formula is C11H20N2. The molecule has 0 aromatic carbocycles. The average molecular weight is 180 g/mol. The van der Waals surface area contributed by atoms with Crippen LogP contribution in [0.25, 0.3) is 0 Å². The molecule has 0 aliphatic heterocycles. The molecule has 0 aromatic heterocycles. The molecule has 1 fully saturated rings. The van der Waals surface area contributed by atoms with Crippen LogP contribution in [0.4, 0.5) is 0 Å². The topological polar surface area (TPSA) is 27.0 Å². The summed E-state index contributed by atoms with van der Waals surface area (Å²) in [5.41, 5.74) is 0. The Morgan fingerprint density at radius 3 is 2.62 bits per heavy atom. The molecule has 1 saturated carbocycles. The molecule has 13 heavy (non-hydrogen) atoms. The highest BCUT2D eigenvalue weighted by Crippen LogP contribution is 2.30. The van der Waals surface area contributed by atoms with Gasteiger partial charge >= 0.3 is 0 Å². The van der Waals surface area contributed by atoms with Crippen LogP contribution in [-0.4, -0.2) is 24.0 Å². The lowest BCUT2D eigenvalue weighted by atomic mass is 10.2. The van der Waals surface area contributed by atoms with Gasteiger partial charge in [0, 0.05) is 19.0 Å². The van der Waals surface area contributed by atoms with E-state index in [9.17, 15) is 0 Å². The molecule has 0 aromatic rings. The van der Waals surface area contributed by atoms with Crippen molar-refractivity contribution < 1.29 is 0 Å². The molecule has 0 unspecified atom stereocenters. The molecule has 1 rings (SSSR count). The monoisotopic (exact) mass is 180 g/mol. The molecule has 74 valence electrons. The molecule has 0 spiro atoms. The van der Waals surface area contributed by atoms with Gasteiger partial charge in [0.15, 0.2) is 0 Å². The van der Waals surface area contributed by atoms with E-state index >= 15 is 0 Å². The maximum absolute atomic E-state index is 8.44. The van der Waals surface area contributed by atoms with E-state index in [1.165, 1.54) is 19.4 Å². The summed E-state index contributed by atoms with van der Waals surface area (Å²) < 4.78 is 0. The van der Waals surface area contributed by atoms with Crippen molar-refractivity contribution in [1.29, 1.82) is 5.26 Å². The van der Waals surface area contributed by atoms with Crippen LogP contribution in [0.2, 0.25) is 0 Å². The van der Waals surface area contributed by atoms with Crippen LogP contribution in [0.3, 0.4) is 0 Å². The van der Waals surface area contributed by atoms with E-state index in [-0.39, 0.29) is 0 Å². The highest BCUT2D eigenvalue weighted by atomic mass is 15.1. The molecule has 2 nitrogen and oxygen atoms in total. The van der Waals surface area contributed by atoms with Gasteiger partial charge in [0.05, 0.1) is 6.07 Å². The van der Waals surface area contributed by atoms with Crippen LogP contribution in [0.1, 0.15) is 39.5 Å². The third kappa shape index (κ3) is 4.28. The van der Waals surface area contributed by atoms with Crippen molar-refractivity contribution in [2.45, 2.75) is 45.6 Å². The fourth-order valence-corrected chi connectivity index (χ4v) is 1.55. The Hall–Kier alpha value is -0.550. The summed E-state index contributed by atoms with van der Waals surface area (Å²) in [6, 6.07) is 2.84. The van der Waals surface area contributed by atoms with Gasteiger partial charge in [0.2, 0.25) is 0 Å². The van der Waals surface area contributed by atoms with E-state index in [0.29, 0.717) is 12.5 Å². The first-order chi connectivity index (χ1) is 6.24. The standard InChI is InChI=1S/C11H20N2/c1-10(2)13(8-4-3-7-12)9-11-5-6-11/h10-11H,3-6,8-9H2,1-2H3. The van der Waals surface area contributed by atoms with Gasteiger partial charge in [0.1, 0.15) is 0 Å². The van der Waals surface area contributed by atoms with Crippen molar-refractivity contribution in [2.24, 2.45) is 5.92 Å². The van der Waals surface area contributed by atoms with Crippen LogP contribution in [0.5, 0.6) is 0 Å². The summed E-state index contributed by atoms with van der Waals surface area (Å²) >= 11 is 0. The number of rotatable bonds is 6. The van der Waals surface area contributed by atoms with Crippen LogP contribution >= 0.6 is 0 Å². The van der Waals surface area contributed by atoms with Crippen molar-refractivity contribution in [3.8, 4) is 6.07 Å². The number of nitriles is 1. The highest BCUT2D eigenvalue weighted by molar-refractivity contribution is 4.79. The molecule has 0 radical (unpaired) electrons. The smallest absolute Gasteiger partial charge is 0.0622 e. The number of nitrogens with zero attached hydrogens (tertiary/aromatic N) is 2. The van der Waals surface area contributed by atoms with E-state index < -0.39 is 0 Å². The predicted molar refractivity (Wildman–Crippen MR) is 54.3 cm³/mol. The van der Waals surface area contributed by atoms with Gasteiger partial charge in [-0.1, -0.05) is 0 Å². The minimum atomic E-state index is 0.638. The molecule has 0 heterocycles. The van der Waals surface area contributed by atoms with Crippen molar-refractivity contribution in [3.63, 3.8) is 0 Å². The van der Waals surface area contributed by atoms with Crippen LogP contribution in [0, 0.1) is 17.2 Å². The largest absolute Gasteiger partial charge is 0.301 e. The Labute approximate surface area is 81.5 Å². The summed E-state index contributed by atoms with van der Waals surface area (Å²) in [7, 11) is 0. The molecule has 0 bridgehead atoms. The normalized spacial score (nSPS) is 16.5. The van der Waals surface area contributed by atoms with Crippen molar-refractivity contribution in [2.75, 3.05) is 13.1 Å². The van der Waals surface area contributed by atoms with E-state index in [2.05, 4.69) is 24.8 Å². The second-order valence-corrected chi connectivity index (χ2v) is 4.29. The maximum Gasteiger partial charge on any atom is 0.0622 e. The summed E-state index contributed by atoms with van der Waals surface area (Å²) in [5.74, 6) is 0.962. The lowest BCUT2D eigenvalue weighted by Crippen LogP contribution is -2.33. The van der Waals surface area contributed by atoms with Gasteiger partial charge < -0.3 is 4.90 Å². The van der Waals surface area contributed by atoms with Crippen LogP contribution in [0.15, 0.2) is 0 Å². The minimum absolute atomic E-state index is 0.638. The molecule has 2 heteroatoms. The van der Waals surface area contributed by atoms with Gasteiger partial charge in [-0.3, -0.25) is 0 Å². The Balaban J connectivity index is 2.16. The third-order valence-corrected chi connectivity index (χ3v) is 2.65. The van der Waals surface area contributed by atoms with Gasteiger partial charge in [-0.2, -0.15) is 5.26 Å². The molecular weight excluding hydrogens is 160 g/mol. The highest BCUT2D eigenvalue weighted by Gasteiger charge is 2.24. The lowest BCUT2D eigenvalue weighted by Gasteiger charge is -2.25. The second-order valence-electron chi connectivity index (χ2n) is 4.29. The zero-order valence-electron chi connectivity index (χ0n) is 8.79. The zero-order valence-corrected chi connectivity index (χ0v) is 8.79. The molecule has 0 saturated heterocycles. The number of hydrogen-bond donors (Lipinski definition) is 0. The third-order valence-electron chi connectivity index (χ3n) is 2.65. The van der Waals surface area contributed by atoms with E-state index in [4.69, 9.17) is 5.26 Å². The molecule has 0 atom stereocenters. The Bertz CT molecular complexity index is 177. The summed E-state index contributed by atoms with van der Waals surface area (Å²) in [6.07, 6.45) is 4.57. The summed E-state index contributed by atoms with van der Waals surface area (Å²) in [6.45, 7) is 6.84. The Morgan fingerprint density at radius 2 is 2.15 bits per heavy atom. The van der Waals surface area contributed by atoms with Crippen molar-refractivity contribution in [3.05, 3.63) is 0 Å². The lowest BCUT2D eigenvalue weighted by molar-refractivity contribution is 0.211. The first-order valence-electron chi connectivity index (χ1n) is 5.35. The van der Waals surface area contributed by atoms with Crippen LogP contribution < -0.4 is 0 Å². The van der Waals surface area contributed by atoms with Crippen LogP contribution in [-0.2, 0) is 0 Å². The van der Waals surface area contributed by atoms with Crippen molar-refractivity contribution in [1.82, 2.24) is 4.90 Å². The summed E-state index contributed by atoms with van der Waals surface area (Å²) in [4.78, 5) is 2.51. The fraction of sp³-hybridized carbons (Fsp3) is 0.909. The first kappa shape index (κ1) is 10.5.